The van der Waals surface area contributed by atoms with Crippen molar-refractivity contribution in [2.45, 2.75) is 400 Å². The molecule has 0 aliphatic carbocycles. The van der Waals surface area contributed by atoms with Gasteiger partial charge in [0, 0.05) is 25.7 Å². The molecule has 19 heteroatoms. The summed E-state index contributed by atoms with van der Waals surface area (Å²) < 4.78 is 68.5. The lowest BCUT2D eigenvalue weighted by molar-refractivity contribution is -0.161. The molecule has 0 saturated carbocycles. The fourth-order valence-corrected chi connectivity index (χ4v) is 12.8. The summed E-state index contributed by atoms with van der Waals surface area (Å²) in [5, 5.41) is 10.6. The number of hydrogen-bond acceptors (Lipinski definition) is 15. The van der Waals surface area contributed by atoms with Crippen molar-refractivity contribution in [1.29, 1.82) is 0 Å². The summed E-state index contributed by atoms with van der Waals surface area (Å²) >= 11 is 0. The number of hydrogen-bond donors (Lipinski definition) is 3. The van der Waals surface area contributed by atoms with E-state index in [4.69, 9.17) is 37.0 Å². The largest absolute Gasteiger partial charge is 0.472 e. The molecule has 0 fully saturated rings. The van der Waals surface area contributed by atoms with Gasteiger partial charge in [-0.3, -0.25) is 37.3 Å². The zero-order valence-corrected chi connectivity index (χ0v) is 62.3. The number of phosphoric ester groups is 2. The van der Waals surface area contributed by atoms with E-state index in [0.29, 0.717) is 25.7 Å². The van der Waals surface area contributed by atoms with Crippen LogP contribution in [0.2, 0.25) is 0 Å². The van der Waals surface area contributed by atoms with Gasteiger partial charge >= 0.3 is 39.5 Å². The molecule has 0 amide bonds. The number of rotatable bonds is 73. The van der Waals surface area contributed by atoms with Crippen molar-refractivity contribution < 1.29 is 80.2 Å². The van der Waals surface area contributed by atoms with E-state index in [-0.39, 0.29) is 25.7 Å². The normalized spacial score (nSPS) is 14.3. The first kappa shape index (κ1) is 91.1. The molecule has 552 valence electrons. The molecule has 0 aliphatic heterocycles. The van der Waals surface area contributed by atoms with Gasteiger partial charge in [0.25, 0.3) is 0 Å². The van der Waals surface area contributed by atoms with E-state index in [0.717, 1.165) is 102 Å². The van der Waals surface area contributed by atoms with E-state index >= 15 is 0 Å². The Labute approximate surface area is 568 Å². The quantitative estimate of drug-likeness (QED) is 0.0222. The lowest BCUT2D eigenvalue weighted by Gasteiger charge is -2.21. The minimum atomic E-state index is -4.95. The summed E-state index contributed by atoms with van der Waals surface area (Å²) in [7, 11) is -9.91. The van der Waals surface area contributed by atoms with Crippen LogP contribution in [0.15, 0.2) is 0 Å². The topological polar surface area (TPSA) is 237 Å². The molecule has 0 aromatic heterocycles. The van der Waals surface area contributed by atoms with Crippen molar-refractivity contribution >= 4 is 39.5 Å². The van der Waals surface area contributed by atoms with Gasteiger partial charge in [-0.25, -0.2) is 9.13 Å². The first-order valence-corrected chi connectivity index (χ1v) is 41.5. The molecule has 17 nitrogen and oxygen atoms in total. The molecular weight excluding hydrogens is 1220 g/mol. The molecule has 0 heterocycles. The third-order valence-corrected chi connectivity index (χ3v) is 19.5. The summed E-state index contributed by atoms with van der Waals surface area (Å²) in [6.45, 7) is 9.59. The molecule has 0 aromatic carbocycles. The zero-order chi connectivity index (χ0) is 68.6. The van der Waals surface area contributed by atoms with Gasteiger partial charge < -0.3 is 33.8 Å². The maximum atomic E-state index is 13.1. The first-order chi connectivity index (χ1) is 44.9. The summed E-state index contributed by atoms with van der Waals surface area (Å²) in [6.07, 6.45) is 52.5. The van der Waals surface area contributed by atoms with Crippen LogP contribution in [0, 0.1) is 11.8 Å². The predicted octanol–water partition coefficient (Wildman–Crippen LogP) is 21.6. The summed E-state index contributed by atoms with van der Waals surface area (Å²) in [5.41, 5.74) is 0. The van der Waals surface area contributed by atoms with Crippen LogP contribution in [-0.4, -0.2) is 96.7 Å². The Bertz CT molecular complexity index is 1810. The number of ether oxygens (including phenoxy) is 4. The Hall–Kier alpha value is -1.94. The molecule has 3 N–H and O–H groups in total. The fraction of sp³-hybridized carbons (Fsp3) is 0.946. The average molecular weight is 1370 g/mol. The van der Waals surface area contributed by atoms with Crippen LogP contribution in [0.1, 0.15) is 382 Å². The number of unbranched alkanes of at least 4 members (excludes halogenated alkanes) is 42. The lowest BCUT2D eigenvalue weighted by Crippen LogP contribution is -2.30. The van der Waals surface area contributed by atoms with Crippen LogP contribution in [-0.2, 0) is 65.4 Å². The SMILES string of the molecule is CCCCCCCCCCCCCCCCCC(=O)O[C@H](COC(=O)CCCCCCCCCCCCC(C)C)COP(=O)(O)OC[C@@H](O)COP(=O)(O)OC[C@@H](COC(=O)CCCCCCCCCCC(C)CC)OC(=O)CCCCCCCCCCCCCCC. The lowest BCUT2D eigenvalue weighted by atomic mass is 9.99. The molecular formula is C74H144O17P2. The Morgan fingerprint density at radius 2 is 0.548 bits per heavy atom. The molecule has 6 atom stereocenters. The third-order valence-electron chi connectivity index (χ3n) is 17.6. The second kappa shape index (κ2) is 66.0. The highest BCUT2D eigenvalue weighted by atomic mass is 31.2. The van der Waals surface area contributed by atoms with E-state index in [1.54, 1.807) is 0 Å². The Morgan fingerprint density at radius 3 is 0.817 bits per heavy atom. The van der Waals surface area contributed by atoms with Crippen LogP contribution in [0.5, 0.6) is 0 Å². The zero-order valence-electron chi connectivity index (χ0n) is 60.6. The first-order valence-electron chi connectivity index (χ1n) is 38.5. The van der Waals surface area contributed by atoms with Crippen LogP contribution < -0.4 is 0 Å². The molecule has 3 unspecified atom stereocenters. The van der Waals surface area contributed by atoms with Gasteiger partial charge in [-0.1, -0.05) is 330 Å². The monoisotopic (exact) mass is 1370 g/mol. The van der Waals surface area contributed by atoms with Crippen molar-refractivity contribution in [2.75, 3.05) is 39.6 Å². The molecule has 0 rings (SSSR count). The smallest absolute Gasteiger partial charge is 0.462 e. The van der Waals surface area contributed by atoms with Crippen molar-refractivity contribution in [2.24, 2.45) is 11.8 Å². The van der Waals surface area contributed by atoms with E-state index in [1.807, 2.05) is 0 Å². The number of carbonyl (C=O) groups is 4. The number of aliphatic hydroxyl groups is 1. The Morgan fingerprint density at radius 1 is 0.312 bits per heavy atom. The van der Waals surface area contributed by atoms with Gasteiger partial charge in [0.05, 0.1) is 26.4 Å². The molecule has 0 radical (unpaired) electrons. The molecule has 0 aromatic rings. The van der Waals surface area contributed by atoms with Gasteiger partial charge in [0.1, 0.15) is 19.3 Å². The van der Waals surface area contributed by atoms with Crippen molar-refractivity contribution in [3.63, 3.8) is 0 Å². The van der Waals surface area contributed by atoms with Crippen molar-refractivity contribution in [1.82, 2.24) is 0 Å². The highest BCUT2D eigenvalue weighted by molar-refractivity contribution is 7.47. The van der Waals surface area contributed by atoms with Crippen LogP contribution in [0.4, 0.5) is 0 Å². The van der Waals surface area contributed by atoms with Gasteiger partial charge in [-0.2, -0.15) is 0 Å². The van der Waals surface area contributed by atoms with E-state index < -0.39 is 97.5 Å². The highest BCUT2D eigenvalue weighted by Crippen LogP contribution is 2.45. The molecule has 0 bridgehead atoms. The highest BCUT2D eigenvalue weighted by Gasteiger charge is 2.30. The second-order valence-electron chi connectivity index (χ2n) is 27.4. The number of esters is 4. The maximum Gasteiger partial charge on any atom is 0.472 e. The van der Waals surface area contributed by atoms with E-state index in [2.05, 4.69) is 41.5 Å². The van der Waals surface area contributed by atoms with Gasteiger partial charge in [0.2, 0.25) is 0 Å². The fourth-order valence-electron chi connectivity index (χ4n) is 11.3. The average Bonchev–Trinajstić information content (AvgIpc) is 2.75. The molecule has 0 spiro atoms. The molecule has 93 heavy (non-hydrogen) atoms. The summed E-state index contributed by atoms with van der Waals surface area (Å²) in [4.78, 5) is 72.8. The second-order valence-corrected chi connectivity index (χ2v) is 30.3. The van der Waals surface area contributed by atoms with Gasteiger partial charge in [0.15, 0.2) is 12.2 Å². The van der Waals surface area contributed by atoms with Crippen LogP contribution in [0.3, 0.4) is 0 Å². The van der Waals surface area contributed by atoms with Crippen LogP contribution in [0.25, 0.3) is 0 Å². The number of phosphoric acid groups is 2. The third kappa shape index (κ3) is 67.0. The minimum absolute atomic E-state index is 0.107. The molecule has 0 aliphatic rings. The van der Waals surface area contributed by atoms with E-state index in [9.17, 15) is 43.2 Å². The minimum Gasteiger partial charge on any atom is -0.462 e. The standard InChI is InChI=1S/C74H144O17P2/c1-7-10-12-14-16-18-20-22-23-25-27-33-41-47-53-59-74(79)90-69(62-84-71(76)56-50-44-38-31-29-28-30-36-42-48-54-66(4)5)64-88-92(80,81)86-60-68(75)61-87-93(82,83)89-65-70(63-85-72(77)57-51-45-39-35-34-37-43-49-55-67(6)9-3)91-73(78)58-52-46-40-32-26-24-21-19-17-15-13-11-8-2/h66-70,75H,7-65H2,1-6H3,(H,80,81)(H,82,83)/t67?,68-,69-,70-/m1/s1. The Kier molecular flexibility index (Phi) is 64.6. The summed E-state index contributed by atoms with van der Waals surface area (Å²) in [6, 6.07) is 0. The van der Waals surface area contributed by atoms with Gasteiger partial charge in [-0.05, 0) is 37.5 Å². The summed E-state index contributed by atoms with van der Waals surface area (Å²) in [5.74, 6) is -0.579. The van der Waals surface area contributed by atoms with Crippen molar-refractivity contribution in [3.05, 3.63) is 0 Å². The van der Waals surface area contributed by atoms with Crippen molar-refractivity contribution in [3.8, 4) is 0 Å². The number of aliphatic hydroxyl groups excluding tert-OH is 1. The Balaban J connectivity index is 5.27. The maximum absolute atomic E-state index is 13.1. The van der Waals surface area contributed by atoms with Gasteiger partial charge in [-0.15, -0.1) is 0 Å². The molecule has 0 saturated heterocycles. The van der Waals surface area contributed by atoms with E-state index in [1.165, 1.54) is 199 Å². The predicted molar refractivity (Wildman–Crippen MR) is 377 cm³/mol. The van der Waals surface area contributed by atoms with Crippen LogP contribution >= 0.6 is 15.6 Å². The number of carbonyl (C=O) groups excluding carboxylic acids is 4.